The second-order valence-corrected chi connectivity index (χ2v) is 7.58. The van der Waals surface area contributed by atoms with Crippen LogP contribution in [-0.2, 0) is 4.79 Å². The summed E-state index contributed by atoms with van der Waals surface area (Å²) in [6, 6.07) is 7.67. The summed E-state index contributed by atoms with van der Waals surface area (Å²) in [5.41, 5.74) is 2.72. The van der Waals surface area contributed by atoms with Crippen LogP contribution >= 0.6 is 0 Å². The molecule has 1 saturated heterocycles. The van der Waals surface area contributed by atoms with E-state index in [1.165, 1.54) is 0 Å². The van der Waals surface area contributed by atoms with Gasteiger partial charge in [0.05, 0.1) is 6.04 Å². The van der Waals surface area contributed by atoms with Crippen LogP contribution in [0.15, 0.2) is 36.4 Å². The average Bonchev–Trinajstić information content (AvgIpc) is 2.65. The first-order valence-corrected chi connectivity index (χ1v) is 9.87. The summed E-state index contributed by atoms with van der Waals surface area (Å²) in [4.78, 5) is 29.3. The van der Waals surface area contributed by atoms with Crippen LogP contribution in [0.1, 0.15) is 49.5 Å². The highest BCUT2D eigenvalue weighted by atomic mass is 16.2. The fourth-order valence-corrected chi connectivity index (χ4v) is 3.61. The minimum atomic E-state index is -0.141. The molecule has 1 aromatic carbocycles. The van der Waals surface area contributed by atoms with E-state index >= 15 is 0 Å². The molecule has 1 aliphatic rings. The Morgan fingerprint density at radius 3 is 2.48 bits per heavy atom. The van der Waals surface area contributed by atoms with Gasteiger partial charge in [-0.1, -0.05) is 30.4 Å². The van der Waals surface area contributed by atoms with Crippen LogP contribution in [-0.4, -0.2) is 59.9 Å². The van der Waals surface area contributed by atoms with E-state index in [1.54, 1.807) is 0 Å². The van der Waals surface area contributed by atoms with Crippen molar-refractivity contribution in [1.29, 1.82) is 0 Å². The molecule has 0 saturated carbocycles. The summed E-state index contributed by atoms with van der Waals surface area (Å²) >= 11 is 0. The van der Waals surface area contributed by atoms with Crippen molar-refractivity contribution in [1.82, 2.24) is 15.1 Å². The second kappa shape index (κ2) is 9.70. The van der Waals surface area contributed by atoms with E-state index in [2.05, 4.69) is 16.8 Å². The lowest BCUT2D eigenvalue weighted by Gasteiger charge is -2.37. The first kappa shape index (κ1) is 21.2. The average molecular weight is 372 g/mol. The van der Waals surface area contributed by atoms with Crippen LogP contribution in [0.25, 0.3) is 0 Å². The van der Waals surface area contributed by atoms with Gasteiger partial charge in [0.15, 0.2) is 0 Å². The number of hydrogen-bond donors (Lipinski definition) is 1. The Bertz CT molecular complexity index is 678. The topological polar surface area (TPSA) is 52.7 Å². The van der Waals surface area contributed by atoms with E-state index in [0.717, 1.165) is 42.6 Å². The molecule has 1 N–H and O–H groups in total. The van der Waals surface area contributed by atoms with Crippen molar-refractivity contribution in [3.63, 3.8) is 0 Å². The highest BCUT2D eigenvalue weighted by Crippen LogP contribution is 2.16. The van der Waals surface area contributed by atoms with Gasteiger partial charge >= 0.3 is 0 Å². The third-order valence-corrected chi connectivity index (χ3v) is 5.31. The zero-order chi connectivity index (χ0) is 20.0. The molecule has 0 bridgehead atoms. The SMILES string of the molecule is C=C(C)CN(CC)C(=O)C(C)N1CCC(NC(=O)c2ccccc2C)CC1. The van der Waals surface area contributed by atoms with Crippen molar-refractivity contribution in [3.05, 3.63) is 47.5 Å². The van der Waals surface area contributed by atoms with Crippen molar-refractivity contribution in [2.75, 3.05) is 26.2 Å². The van der Waals surface area contributed by atoms with Crippen LogP contribution < -0.4 is 5.32 Å². The van der Waals surface area contributed by atoms with Crippen molar-refractivity contribution >= 4 is 11.8 Å². The highest BCUT2D eigenvalue weighted by molar-refractivity contribution is 5.95. The largest absolute Gasteiger partial charge is 0.349 e. The molecule has 0 aliphatic carbocycles. The number of carbonyl (C=O) groups excluding carboxylic acids is 2. The molecule has 148 valence electrons. The maximum atomic E-state index is 12.8. The molecule has 0 spiro atoms. The minimum Gasteiger partial charge on any atom is -0.349 e. The van der Waals surface area contributed by atoms with Crippen LogP contribution in [0.5, 0.6) is 0 Å². The molecular formula is C22H33N3O2. The quantitative estimate of drug-likeness (QED) is 0.750. The van der Waals surface area contributed by atoms with Gasteiger partial charge in [0.25, 0.3) is 5.91 Å². The molecule has 5 nitrogen and oxygen atoms in total. The van der Waals surface area contributed by atoms with E-state index < -0.39 is 0 Å². The summed E-state index contributed by atoms with van der Waals surface area (Å²) < 4.78 is 0. The van der Waals surface area contributed by atoms with E-state index in [9.17, 15) is 9.59 Å². The molecule has 2 amide bonds. The molecule has 0 radical (unpaired) electrons. The zero-order valence-corrected chi connectivity index (χ0v) is 17.1. The summed E-state index contributed by atoms with van der Waals surface area (Å²) in [6.07, 6.45) is 1.73. The van der Waals surface area contributed by atoms with Gasteiger partial charge in [-0.15, -0.1) is 0 Å². The molecule has 1 heterocycles. The monoisotopic (exact) mass is 371 g/mol. The van der Waals surface area contributed by atoms with Crippen molar-refractivity contribution in [3.8, 4) is 0 Å². The standard InChI is InChI=1S/C22H33N3O2/c1-6-24(15-16(2)3)22(27)18(5)25-13-11-19(12-14-25)23-21(26)20-10-8-7-9-17(20)4/h7-10,18-19H,2,6,11-15H2,1,3-5H3,(H,23,26). The number of aryl methyl sites for hydroxylation is 1. The predicted octanol–water partition coefficient (Wildman–Crippen LogP) is 3.00. The van der Waals surface area contributed by atoms with Gasteiger partial charge in [-0.3, -0.25) is 14.5 Å². The highest BCUT2D eigenvalue weighted by Gasteiger charge is 2.29. The number of nitrogens with one attached hydrogen (secondary N) is 1. The number of rotatable bonds is 7. The van der Waals surface area contributed by atoms with E-state index in [1.807, 2.05) is 56.9 Å². The maximum Gasteiger partial charge on any atom is 0.251 e. The van der Waals surface area contributed by atoms with Crippen LogP contribution in [0.2, 0.25) is 0 Å². The van der Waals surface area contributed by atoms with Crippen molar-refractivity contribution in [2.45, 2.75) is 52.6 Å². The molecule has 1 fully saturated rings. The molecule has 1 aliphatic heterocycles. The number of likely N-dealkylation sites (tertiary alicyclic amines) is 1. The third-order valence-electron chi connectivity index (χ3n) is 5.31. The summed E-state index contributed by atoms with van der Waals surface area (Å²) in [5.74, 6) is 0.150. The van der Waals surface area contributed by atoms with Crippen LogP contribution in [0.3, 0.4) is 0 Å². The minimum absolute atomic E-state index is 0.00529. The van der Waals surface area contributed by atoms with E-state index in [4.69, 9.17) is 0 Å². The zero-order valence-electron chi connectivity index (χ0n) is 17.1. The lowest BCUT2D eigenvalue weighted by atomic mass is 10.0. The van der Waals surface area contributed by atoms with Crippen molar-refractivity contribution in [2.24, 2.45) is 0 Å². The van der Waals surface area contributed by atoms with Gasteiger partial charge in [0.2, 0.25) is 5.91 Å². The van der Waals surface area contributed by atoms with Crippen molar-refractivity contribution < 1.29 is 9.59 Å². The summed E-state index contributed by atoms with van der Waals surface area (Å²) in [7, 11) is 0. The Labute approximate surface area is 163 Å². The fourth-order valence-electron chi connectivity index (χ4n) is 3.61. The molecule has 5 heteroatoms. The summed E-state index contributed by atoms with van der Waals surface area (Å²) in [6.45, 7) is 14.7. The van der Waals surface area contributed by atoms with Gasteiger partial charge in [-0.2, -0.15) is 0 Å². The Balaban J connectivity index is 1.87. The second-order valence-electron chi connectivity index (χ2n) is 7.58. The first-order chi connectivity index (χ1) is 12.8. The van der Waals surface area contributed by atoms with Gasteiger partial charge in [0.1, 0.15) is 0 Å². The summed E-state index contributed by atoms with van der Waals surface area (Å²) in [5, 5.41) is 3.15. The first-order valence-electron chi connectivity index (χ1n) is 9.87. The fraction of sp³-hybridized carbons (Fsp3) is 0.545. The third kappa shape index (κ3) is 5.67. The van der Waals surface area contributed by atoms with Gasteiger partial charge in [0, 0.05) is 37.8 Å². The lowest BCUT2D eigenvalue weighted by Crippen LogP contribution is -2.52. The molecule has 27 heavy (non-hydrogen) atoms. The number of amides is 2. The molecule has 1 unspecified atom stereocenters. The molecule has 1 atom stereocenters. The number of likely N-dealkylation sites (N-methyl/N-ethyl adjacent to an activating group) is 1. The van der Waals surface area contributed by atoms with E-state index in [0.29, 0.717) is 13.1 Å². The van der Waals surface area contributed by atoms with Gasteiger partial charge < -0.3 is 10.2 Å². The Morgan fingerprint density at radius 2 is 1.93 bits per heavy atom. The molecule has 2 rings (SSSR count). The Kier molecular flexibility index (Phi) is 7.60. The van der Waals surface area contributed by atoms with Crippen LogP contribution in [0.4, 0.5) is 0 Å². The molecule has 1 aromatic rings. The number of hydrogen-bond acceptors (Lipinski definition) is 3. The normalized spacial score (nSPS) is 16.6. The lowest BCUT2D eigenvalue weighted by molar-refractivity contribution is -0.136. The number of benzene rings is 1. The number of piperidine rings is 1. The van der Waals surface area contributed by atoms with E-state index in [-0.39, 0.29) is 23.9 Å². The smallest absolute Gasteiger partial charge is 0.251 e. The Morgan fingerprint density at radius 1 is 1.30 bits per heavy atom. The van der Waals surface area contributed by atoms with Crippen LogP contribution in [0, 0.1) is 6.92 Å². The van der Waals surface area contributed by atoms with Gasteiger partial charge in [-0.25, -0.2) is 0 Å². The number of carbonyl (C=O) groups is 2. The maximum absolute atomic E-state index is 12.8. The molecule has 0 aromatic heterocycles. The Hall–Kier alpha value is -2.14. The molecular weight excluding hydrogens is 338 g/mol. The number of nitrogens with zero attached hydrogens (tertiary/aromatic N) is 2. The predicted molar refractivity (Wildman–Crippen MR) is 110 cm³/mol. The van der Waals surface area contributed by atoms with Gasteiger partial charge in [-0.05, 0) is 52.2 Å².